The Balaban J connectivity index is 1.40. The number of phenolic OH excluding ortho intramolecular Hbond substituents is 1. The average molecular weight is 741 g/mol. The fraction of sp³-hybridized carbons (Fsp3) is 0.211. The van der Waals surface area contributed by atoms with Crippen molar-refractivity contribution in [3.8, 4) is 22.9 Å². The third kappa shape index (κ3) is 4.81. The summed E-state index contributed by atoms with van der Waals surface area (Å²) in [6, 6.07) is 24.0. The number of benzene rings is 4. The van der Waals surface area contributed by atoms with Crippen molar-refractivity contribution in [1.29, 1.82) is 0 Å². The molecule has 1 aliphatic carbocycles. The van der Waals surface area contributed by atoms with Gasteiger partial charge in [0.05, 0.1) is 54.5 Å². The molecule has 4 aromatic carbocycles. The second-order valence-corrected chi connectivity index (χ2v) is 13.7. The number of aromatic hydroxyl groups is 1. The SMILES string of the molecule is COc1ccc([C@@]23C(=O)N(Nc4ccc(Cl)cc4Cl)C(=O)[C@@H]2C[C@@H]2C(=CCn4c(=O)n(-c5ccccc5)c(=O)n42)[C@@H]3c2ccc(O)cc2OC)cc1. The van der Waals surface area contributed by atoms with Crippen LogP contribution < -0.4 is 26.3 Å². The molecule has 0 radical (unpaired) electrons. The Morgan fingerprint density at radius 3 is 2.31 bits per heavy atom. The van der Waals surface area contributed by atoms with Crippen molar-refractivity contribution in [3.05, 3.63) is 145 Å². The highest BCUT2D eigenvalue weighted by molar-refractivity contribution is 6.36. The summed E-state index contributed by atoms with van der Waals surface area (Å²) in [5.74, 6) is -2.41. The fourth-order valence-corrected chi connectivity index (χ4v) is 8.64. The molecule has 0 bridgehead atoms. The minimum Gasteiger partial charge on any atom is -0.508 e. The van der Waals surface area contributed by atoms with Crippen molar-refractivity contribution in [1.82, 2.24) is 18.9 Å². The van der Waals surface area contributed by atoms with E-state index in [1.54, 1.807) is 72.8 Å². The molecule has 0 unspecified atom stereocenters. The van der Waals surface area contributed by atoms with Crippen molar-refractivity contribution < 1.29 is 24.2 Å². The van der Waals surface area contributed by atoms with Crippen LogP contribution in [0.15, 0.2) is 112 Å². The number of nitrogens with one attached hydrogen (secondary N) is 1. The van der Waals surface area contributed by atoms with Crippen molar-refractivity contribution in [2.45, 2.75) is 30.3 Å². The molecule has 4 atom stereocenters. The van der Waals surface area contributed by atoms with Crippen LogP contribution in [-0.4, -0.2) is 50.1 Å². The predicted molar refractivity (Wildman–Crippen MR) is 194 cm³/mol. The highest BCUT2D eigenvalue weighted by Crippen LogP contribution is 2.63. The number of aromatic nitrogens is 3. The van der Waals surface area contributed by atoms with Crippen molar-refractivity contribution >= 4 is 40.7 Å². The molecule has 8 rings (SSSR count). The van der Waals surface area contributed by atoms with Gasteiger partial charge in [0.1, 0.15) is 17.2 Å². The van der Waals surface area contributed by atoms with Gasteiger partial charge in [-0.3, -0.25) is 15.0 Å². The fourth-order valence-electron chi connectivity index (χ4n) is 8.19. The first-order chi connectivity index (χ1) is 25.1. The Morgan fingerprint density at radius 2 is 1.62 bits per heavy atom. The van der Waals surface area contributed by atoms with E-state index in [9.17, 15) is 19.5 Å². The van der Waals surface area contributed by atoms with Gasteiger partial charge in [-0.15, -0.1) is 0 Å². The van der Waals surface area contributed by atoms with Gasteiger partial charge in [0.15, 0.2) is 0 Å². The van der Waals surface area contributed by atoms with Crippen molar-refractivity contribution in [3.63, 3.8) is 0 Å². The molecule has 2 N–H and O–H groups in total. The lowest BCUT2D eigenvalue weighted by atomic mass is 9.53. The summed E-state index contributed by atoms with van der Waals surface area (Å²) in [5, 5.41) is 12.1. The Kier molecular flexibility index (Phi) is 8.03. The number of fused-ring (bicyclic) bond motifs is 4. The molecule has 2 aliphatic heterocycles. The highest BCUT2D eigenvalue weighted by atomic mass is 35.5. The van der Waals surface area contributed by atoms with E-state index >= 15 is 4.79 Å². The number of amides is 2. The summed E-state index contributed by atoms with van der Waals surface area (Å²) in [4.78, 5) is 58.5. The van der Waals surface area contributed by atoms with Crippen LogP contribution >= 0.6 is 23.2 Å². The molecule has 3 heterocycles. The van der Waals surface area contributed by atoms with E-state index in [0.717, 1.165) is 9.58 Å². The van der Waals surface area contributed by atoms with Gasteiger partial charge in [0.25, 0.3) is 11.8 Å². The molecule has 2 amide bonds. The van der Waals surface area contributed by atoms with Gasteiger partial charge in [-0.2, -0.15) is 5.01 Å². The molecule has 1 aromatic heterocycles. The smallest absolute Gasteiger partial charge is 0.352 e. The number of rotatable bonds is 7. The first-order valence-corrected chi connectivity index (χ1v) is 17.2. The number of carbonyl (C=O) groups excluding carboxylic acids is 2. The Bertz CT molecular complexity index is 2420. The van der Waals surface area contributed by atoms with Crippen LogP contribution in [0, 0.1) is 5.92 Å². The molecule has 52 heavy (non-hydrogen) atoms. The van der Waals surface area contributed by atoms with Crippen LogP contribution in [0.4, 0.5) is 5.69 Å². The molecule has 0 spiro atoms. The highest BCUT2D eigenvalue weighted by Gasteiger charge is 2.69. The summed E-state index contributed by atoms with van der Waals surface area (Å²) in [7, 11) is 2.98. The van der Waals surface area contributed by atoms with Crippen LogP contribution in [0.5, 0.6) is 17.2 Å². The molecule has 5 aromatic rings. The summed E-state index contributed by atoms with van der Waals surface area (Å²) in [5.41, 5.74) is 2.55. The maximum Gasteiger partial charge on any atom is 0.352 e. The zero-order valence-electron chi connectivity index (χ0n) is 27.8. The van der Waals surface area contributed by atoms with Gasteiger partial charge in [-0.1, -0.05) is 65.7 Å². The summed E-state index contributed by atoms with van der Waals surface area (Å²) >= 11 is 12.7. The average Bonchev–Trinajstić information content (AvgIpc) is 3.53. The topological polar surface area (TPSA) is 137 Å². The number of hydrazine groups is 1. The van der Waals surface area contributed by atoms with E-state index in [4.69, 9.17) is 32.7 Å². The first kappa shape index (κ1) is 33.4. The van der Waals surface area contributed by atoms with Gasteiger partial charge in [0.2, 0.25) is 0 Å². The van der Waals surface area contributed by atoms with E-state index in [0.29, 0.717) is 33.2 Å². The minimum absolute atomic E-state index is 0.00991. The van der Waals surface area contributed by atoms with E-state index in [-0.39, 0.29) is 35.2 Å². The number of imide groups is 1. The molecule has 264 valence electrons. The van der Waals surface area contributed by atoms with E-state index in [1.807, 2.05) is 6.08 Å². The molecule has 3 aliphatic rings. The zero-order valence-corrected chi connectivity index (χ0v) is 29.3. The largest absolute Gasteiger partial charge is 0.508 e. The zero-order chi connectivity index (χ0) is 36.5. The Hall–Kier alpha value is -5.72. The number of phenols is 1. The number of methoxy groups -OCH3 is 2. The second-order valence-electron chi connectivity index (χ2n) is 12.8. The second kappa shape index (κ2) is 12.5. The number of anilines is 1. The summed E-state index contributed by atoms with van der Waals surface area (Å²) in [6.45, 7) is 0.0183. The maximum absolute atomic E-state index is 15.4. The van der Waals surface area contributed by atoms with Crippen molar-refractivity contribution in [2.75, 3.05) is 19.6 Å². The predicted octanol–water partition coefficient (Wildman–Crippen LogP) is 5.45. The number of halogens is 2. The van der Waals surface area contributed by atoms with Crippen LogP contribution in [0.1, 0.15) is 29.5 Å². The lowest BCUT2D eigenvalue weighted by Crippen LogP contribution is -2.53. The van der Waals surface area contributed by atoms with Crippen LogP contribution in [0.3, 0.4) is 0 Å². The first-order valence-electron chi connectivity index (χ1n) is 16.4. The molecule has 1 saturated carbocycles. The molecule has 14 heteroatoms. The number of nitrogens with zero attached hydrogens (tertiary/aromatic N) is 4. The van der Waals surface area contributed by atoms with Crippen molar-refractivity contribution in [2.24, 2.45) is 5.92 Å². The summed E-state index contributed by atoms with van der Waals surface area (Å²) < 4.78 is 15.1. The Labute approximate surface area is 306 Å². The molecular weight excluding hydrogens is 709 g/mol. The molecule has 2 fully saturated rings. The molecule has 12 nitrogen and oxygen atoms in total. The number of ether oxygens (including phenoxy) is 2. The number of para-hydroxylation sites is 1. The Morgan fingerprint density at radius 1 is 0.865 bits per heavy atom. The number of carbonyl (C=O) groups is 2. The van der Waals surface area contributed by atoms with Gasteiger partial charge in [0, 0.05) is 22.6 Å². The van der Waals surface area contributed by atoms with Crippen LogP contribution in [0.2, 0.25) is 10.0 Å². The van der Waals surface area contributed by atoms with E-state index < -0.39 is 46.5 Å². The standard InChI is InChI=1S/C38H31Cl2N5O7/c1-51-25-12-8-21(9-13-25)38-28(34(47)44(35(38)48)41-30-15-10-22(39)18-29(30)40)20-31-26(33(38)27-14-11-24(46)19-32(27)52-2)16-17-42-36(49)43(37(50)45(31)42)23-6-4-3-5-7-23/h3-16,18-19,28,31,33,41,46H,17,20H2,1-2H3/t28-,31+,33+,38+/m0/s1. The monoisotopic (exact) mass is 739 g/mol. The van der Waals surface area contributed by atoms with E-state index in [2.05, 4.69) is 5.43 Å². The number of hydrogen-bond acceptors (Lipinski definition) is 8. The maximum atomic E-state index is 15.4. The van der Waals surface area contributed by atoms with Crippen LogP contribution in [-0.2, 0) is 21.5 Å². The normalized spacial score (nSPS) is 22.0. The number of allylic oxidation sites excluding steroid dienone is 2. The quantitative estimate of drug-likeness (QED) is 0.166. The lowest BCUT2D eigenvalue weighted by Gasteiger charge is -2.49. The molecule has 1 saturated heterocycles. The summed E-state index contributed by atoms with van der Waals surface area (Å²) in [6.07, 6.45) is 1.84. The molecular formula is C38H31Cl2N5O7. The number of hydrogen-bond donors (Lipinski definition) is 2. The van der Waals surface area contributed by atoms with Gasteiger partial charge < -0.3 is 14.6 Å². The third-order valence-corrected chi connectivity index (χ3v) is 10.9. The minimum atomic E-state index is -1.62. The third-order valence-electron chi connectivity index (χ3n) is 10.4. The van der Waals surface area contributed by atoms with E-state index in [1.165, 1.54) is 41.8 Å². The van der Waals surface area contributed by atoms with Gasteiger partial charge in [-0.05, 0) is 66.1 Å². The lowest BCUT2D eigenvalue weighted by molar-refractivity contribution is -0.138. The van der Waals surface area contributed by atoms with Gasteiger partial charge in [-0.25, -0.2) is 23.5 Å². The van der Waals surface area contributed by atoms with Crippen LogP contribution in [0.25, 0.3) is 5.69 Å². The van der Waals surface area contributed by atoms with Gasteiger partial charge >= 0.3 is 11.4 Å².